The first kappa shape index (κ1) is 19.0. The molecule has 2 amide bonds. The Morgan fingerprint density at radius 1 is 1.05 bits per heavy atom. The molecule has 2 fully saturated rings. The number of piperidine rings is 1. The number of amides is 2. The van der Waals surface area contributed by atoms with Gasteiger partial charge in [0, 0.05) is 18.5 Å². The van der Waals surface area contributed by atoms with Crippen LogP contribution in [0.3, 0.4) is 0 Å². The molecule has 128 valence electrons. The fraction of sp³-hybridized carbons (Fsp3) is 0.846. The van der Waals surface area contributed by atoms with Crippen LogP contribution < -0.4 is 16.0 Å². The minimum Gasteiger partial charge on any atom is -0.347 e. The molecule has 5 nitrogen and oxygen atoms in total. The molecule has 2 aliphatic heterocycles. The van der Waals surface area contributed by atoms with Gasteiger partial charge in [0.15, 0.2) is 0 Å². The maximum Gasteiger partial charge on any atom is 0.405 e. The number of hydrogen-bond acceptors (Lipinski definition) is 3. The first-order valence-corrected chi connectivity index (χ1v) is 7.18. The minimum atomic E-state index is -4.44. The fourth-order valence-corrected chi connectivity index (χ4v) is 3.12. The molecule has 9 heteroatoms. The first-order chi connectivity index (χ1) is 9.82. The van der Waals surface area contributed by atoms with Gasteiger partial charge in [-0.25, -0.2) is 0 Å². The highest BCUT2D eigenvalue weighted by Crippen LogP contribution is 2.32. The summed E-state index contributed by atoms with van der Waals surface area (Å²) in [6.45, 7) is -1.79. The van der Waals surface area contributed by atoms with E-state index in [0.717, 1.165) is 25.7 Å². The molecule has 2 rings (SSSR count). The molecule has 0 spiro atoms. The molecule has 2 heterocycles. The number of nitrogens with one attached hydrogen (secondary N) is 3. The number of hydrogen-bond donors (Lipinski definition) is 3. The molecule has 0 aliphatic carbocycles. The molecule has 2 bridgehead atoms. The number of halogens is 4. The van der Waals surface area contributed by atoms with Gasteiger partial charge in [-0.15, -0.1) is 12.4 Å². The zero-order valence-electron chi connectivity index (χ0n) is 12.0. The summed E-state index contributed by atoms with van der Waals surface area (Å²) in [6, 6.07) is 0.966. The zero-order chi connectivity index (χ0) is 15.5. The number of carbonyl (C=O) groups excluding carboxylic acids is 2. The van der Waals surface area contributed by atoms with Crippen LogP contribution in [0.15, 0.2) is 0 Å². The Kier molecular flexibility index (Phi) is 6.93. The summed E-state index contributed by atoms with van der Waals surface area (Å²) < 4.78 is 35.7. The van der Waals surface area contributed by atoms with E-state index in [0.29, 0.717) is 24.4 Å². The Morgan fingerprint density at radius 3 is 2.18 bits per heavy atom. The van der Waals surface area contributed by atoms with Gasteiger partial charge < -0.3 is 16.0 Å². The van der Waals surface area contributed by atoms with Crippen molar-refractivity contribution >= 4 is 24.2 Å². The van der Waals surface area contributed by atoms with Crippen LogP contribution in [0.25, 0.3) is 0 Å². The summed E-state index contributed by atoms with van der Waals surface area (Å²) in [5.74, 6) is -0.809. The lowest BCUT2D eigenvalue weighted by Crippen LogP contribution is -2.42. The maximum absolute atomic E-state index is 11.9. The van der Waals surface area contributed by atoms with Crippen molar-refractivity contribution < 1.29 is 22.8 Å². The summed E-state index contributed by atoms with van der Waals surface area (Å²) in [5, 5.41) is 7.57. The fourth-order valence-electron chi connectivity index (χ4n) is 3.12. The molecule has 2 unspecified atom stereocenters. The van der Waals surface area contributed by atoms with Crippen LogP contribution in [-0.4, -0.2) is 43.2 Å². The highest BCUT2D eigenvalue weighted by Gasteiger charge is 2.34. The summed E-state index contributed by atoms with van der Waals surface area (Å²) in [7, 11) is 0. The van der Waals surface area contributed by atoms with Gasteiger partial charge in [0.05, 0.1) is 6.54 Å². The van der Waals surface area contributed by atoms with Crippen molar-refractivity contribution in [2.45, 2.75) is 50.4 Å². The SMILES string of the molecule is Cl.O=C(CNC(=O)CC1CC2CCC(C1)N2)NCC(F)(F)F. The van der Waals surface area contributed by atoms with E-state index >= 15 is 0 Å². The van der Waals surface area contributed by atoms with Crippen LogP contribution in [0.4, 0.5) is 13.2 Å². The van der Waals surface area contributed by atoms with Crippen molar-refractivity contribution in [1.82, 2.24) is 16.0 Å². The average molecular weight is 344 g/mol. The predicted octanol–water partition coefficient (Wildman–Crippen LogP) is 1.12. The Labute approximate surface area is 133 Å². The van der Waals surface area contributed by atoms with Gasteiger partial charge in [0.1, 0.15) is 6.54 Å². The van der Waals surface area contributed by atoms with Crippen molar-refractivity contribution in [2.24, 2.45) is 5.92 Å². The van der Waals surface area contributed by atoms with Gasteiger partial charge in [0.25, 0.3) is 0 Å². The van der Waals surface area contributed by atoms with Crippen LogP contribution in [-0.2, 0) is 9.59 Å². The minimum absolute atomic E-state index is 0. The molecule has 22 heavy (non-hydrogen) atoms. The Bertz CT molecular complexity index is 394. The molecular formula is C13H21ClF3N3O2. The van der Waals surface area contributed by atoms with E-state index in [4.69, 9.17) is 0 Å². The van der Waals surface area contributed by atoms with Gasteiger partial charge >= 0.3 is 6.18 Å². The highest BCUT2D eigenvalue weighted by atomic mass is 35.5. The van der Waals surface area contributed by atoms with Crippen LogP contribution >= 0.6 is 12.4 Å². The predicted molar refractivity (Wildman–Crippen MR) is 76.6 cm³/mol. The van der Waals surface area contributed by atoms with Crippen LogP contribution in [0, 0.1) is 5.92 Å². The van der Waals surface area contributed by atoms with Crippen molar-refractivity contribution in [3.63, 3.8) is 0 Å². The largest absolute Gasteiger partial charge is 0.405 e. The van der Waals surface area contributed by atoms with Crippen molar-refractivity contribution in [1.29, 1.82) is 0 Å². The van der Waals surface area contributed by atoms with Gasteiger partial charge in [-0.2, -0.15) is 13.2 Å². The Morgan fingerprint density at radius 2 is 1.64 bits per heavy atom. The van der Waals surface area contributed by atoms with E-state index in [9.17, 15) is 22.8 Å². The van der Waals surface area contributed by atoms with Gasteiger partial charge in [-0.1, -0.05) is 0 Å². The monoisotopic (exact) mass is 343 g/mol. The van der Waals surface area contributed by atoms with Gasteiger partial charge in [-0.05, 0) is 31.6 Å². The van der Waals surface area contributed by atoms with E-state index in [1.807, 2.05) is 0 Å². The van der Waals surface area contributed by atoms with Crippen LogP contribution in [0.5, 0.6) is 0 Å². The quantitative estimate of drug-likeness (QED) is 0.700. The van der Waals surface area contributed by atoms with E-state index in [1.54, 1.807) is 5.32 Å². The molecule has 0 aromatic carbocycles. The summed E-state index contributed by atoms with van der Waals surface area (Å²) >= 11 is 0. The standard InChI is InChI=1S/C13H20F3N3O2.ClH/c14-13(15,16)7-18-12(21)6-17-11(20)5-8-3-9-1-2-10(4-8)19-9;/h8-10,19H,1-7H2,(H,17,20)(H,18,21);1H. The molecule has 2 saturated heterocycles. The maximum atomic E-state index is 11.9. The van der Waals surface area contributed by atoms with Gasteiger partial charge in [-0.3, -0.25) is 9.59 Å². The lowest BCUT2D eigenvalue weighted by Gasteiger charge is -2.28. The third-order valence-electron chi connectivity index (χ3n) is 3.98. The summed E-state index contributed by atoms with van der Waals surface area (Å²) in [4.78, 5) is 22.9. The van der Waals surface area contributed by atoms with E-state index in [-0.39, 0.29) is 18.3 Å². The smallest absolute Gasteiger partial charge is 0.347 e. The first-order valence-electron chi connectivity index (χ1n) is 7.18. The average Bonchev–Trinajstić information content (AvgIpc) is 2.72. The molecule has 2 aliphatic rings. The molecule has 0 radical (unpaired) electrons. The molecule has 0 aromatic rings. The topological polar surface area (TPSA) is 70.2 Å². The van der Waals surface area contributed by atoms with Gasteiger partial charge in [0.2, 0.25) is 11.8 Å². The van der Waals surface area contributed by atoms with Crippen LogP contribution in [0.2, 0.25) is 0 Å². The lowest BCUT2D eigenvalue weighted by molar-refractivity contribution is -0.138. The Hall–Kier alpha value is -1.02. The van der Waals surface area contributed by atoms with Crippen molar-refractivity contribution in [3.8, 4) is 0 Å². The molecule has 3 N–H and O–H groups in total. The second-order valence-corrected chi connectivity index (χ2v) is 5.85. The van der Waals surface area contributed by atoms with E-state index in [2.05, 4.69) is 10.6 Å². The zero-order valence-corrected chi connectivity index (χ0v) is 12.9. The number of rotatable bonds is 5. The van der Waals surface area contributed by atoms with E-state index < -0.39 is 25.2 Å². The van der Waals surface area contributed by atoms with Crippen molar-refractivity contribution in [3.05, 3.63) is 0 Å². The molecule has 0 aromatic heterocycles. The Balaban J connectivity index is 0.00000242. The van der Waals surface area contributed by atoms with Crippen LogP contribution in [0.1, 0.15) is 32.1 Å². The second kappa shape index (κ2) is 8.01. The normalized spacial score (nSPS) is 27.0. The molecular weight excluding hydrogens is 323 g/mol. The van der Waals surface area contributed by atoms with E-state index in [1.165, 1.54) is 0 Å². The number of carbonyl (C=O) groups is 2. The summed E-state index contributed by atoms with van der Waals surface area (Å²) in [5.41, 5.74) is 0. The number of alkyl halides is 3. The third-order valence-corrected chi connectivity index (χ3v) is 3.98. The lowest BCUT2D eigenvalue weighted by atomic mass is 9.89. The highest BCUT2D eigenvalue weighted by molar-refractivity contribution is 5.85. The molecule has 0 saturated carbocycles. The second-order valence-electron chi connectivity index (χ2n) is 5.85. The number of fused-ring (bicyclic) bond motifs is 2. The van der Waals surface area contributed by atoms with Crippen molar-refractivity contribution in [2.75, 3.05) is 13.1 Å². The summed E-state index contributed by atoms with van der Waals surface area (Å²) in [6.07, 6.45) is 0.0783. The third kappa shape index (κ3) is 6.39. The molecule has 2 atom stereocenters.